The van der Waals surface area contributed by atoms with Gasteiger partial charge in [-0.1, -0.05) is 55.5 Å². The van der Waals surface area contributed by atoms with Crippen molar-refractivity contribution < 1.29 is 8.42 Å². The monoisotopic (exact) mass is 436 g/mol. The molecule has 164 valence electrons. The van der Waals surface area contributed by atoms with E-state index in [0.717, 1.165) is 30.6 Å². The first-order valence-electron chi connectivity index (χ1n) is 11.3. The van der Waals surface area contributed by atoms with E-state index in [2.05, 4.69) is 64.6 Å². The number of aromatic nitrogens is 1. The predicted octanol–water partition coefficient (Wildman–Crippen LogP) is 4.87. The molecule has 4 rings (SSSR count). The van der Waals surface area contributed by atoms with Crippen molar-refractivity contribution in [1.82, 2.24) is 9.88 Å². The summed E-state index contributed by atoms with van der Waals surface area (Å²) in [5, 5.41) is 1.23. The molecule has 5 heteroatoms. The molecule has 1 aromatic heterocycles. The number of hydrogen-bond donors (Lipinski definition) is 1. The molecule has 1 saturated heterocycles. The van der Waals surface area contributed by atoms with Gasteiger partial charge in [0.1, 0.15) is 9.84 Å². The number of nitrogens with zero attached hydrogens (tertiary/aromatic N) is 1. The largest absolute Gasteiger partial charge is 0.361 e. The summed E-state index contributed by atoms with van der Waals surface area (Å²) >= 11 is 0. The fraction of sp³-hybridized carbons (Fsp3) is 0.385. The van der Waals surface area contributed by atoms with Crippen molar-refractivity contribution in [2.24, 2.45) is 0 Å². The molecule has 1 fully saturated rings. The third kappa shape index (κ3) is 5.66. The number of benzene rings is 2. The van der Waals surface area contributed by atoms with E-state index in [4.69, 9.17) is 0 Å². The highest BCUT2D eigenvalue weighted by Crippen LogP contribution is 2.26. The maximum atomic E-state index is 11.9. The number of aromatic amines is 1. The van der Waals surface area contributed by atoms with Gasteiger partial charge in [0.05, 0.1) is 5.75 Å². The standard InChI is InChI=1S/C26H32N2O2S/c1-2-31(29,30)17-14-22-12-13-26-25(18-22)23(20-27-26)19-24-11-7-16-28(24)15-6-10-21-8-4-3-5-9-21/h3-6,8-10,12-13,18,20,24,27H,2,7,11,14-17,19H2,1H3/t24-/m1/s1. The first-order valence-corrected chi connectivity index (χ1v) is 13.1. The first kappa shape index (κ1) is 21.8. The van der Waals surface area contributed by atoms with E-state index < -0.39 is 9.84 Å². The smallest absolute Gasteiger partial charge is 0.150 e. The summed E-state index contributed by atoms with van der Waals surface area (Å²) in [5.74, 6) is 0.430. The minimum atomic E-state index is -2.94. The Morgan fingerprint density at radius 1 is 1.16 bits per heavy atom. The van der Waals surface area contributed by atoms with Gasteiger partial charge in [-0.15, -0.1) is 0 Å². The van der Waals surface area contributed by atoms with Gasteiger partial charge < -0.3 is 4.98 Å². The third-order valence-electron chi connectivity index (χ3n) is 6.38. The number of rotatable bonds is 9. The second-order valence-corrected chi connectivity index (χ2v) is 11.0. The lowest BCUT2D eigenvalue weighted by molar-refractivity contribution is 0.280. The van der Waals surface area contributed by atoms with E-state index >= 15 is 0 Å². The average molecular weight is 437 g/mol. The molecule has 0 spiro atoms. The number of nitrogens with one attached hydrogen (secondary N) is 1. The molecule has 1 aliphatic rings. The molecule has 3 aromatic rings. The van der Waals surface area contributed by atoms with Crippen molar-refractivity contribution in [3.63, 3.8) is 0 Å². The van der Waals surface area contributed by atoms with Crippen LogP contribution in [0.4, 0.5) is 0 Å². The molecule has 1 aliphatic heterocycles. The van der Waals surface area contributed by atoms with Crippen LogP contribution in [0.3, 0.4) is 0 Å². The molecule has 0 bridgehead atoms. The Morgan fingerprint density at radius 2 is 2.00 bits per heavy atom. The van der Waals surface area contributed by atoms with Crippen LogP contribution in [0.5, 0.6) is 0 Å². The van der Waals surface area contributed by atoms with Gasteiger partial charge in [-0.05, 0) is 61.1 Å². The molecular formula is C26H32N2O2S. The number of fused-ring (bicyclic) bond motifs is 1. The van der Waals surface area contributed by atoms with Gasteiger partial charge in [0.2, 0.25) is 0 Å². The van der Waals surface area contributed by atoms with Crippen molar-refractivity contribution in [2.75, 3.05) is 24.6 Å². The molecule has 1 N–H and O–H groups in total. The van der Waals surface area contributed by atoms with Crippen molar-refractivity contribution in [2.45, 2.75) is 38.6 Å². The summed E-state index contributed by atoms with van der Waals surface area (Å²) in [6.07, 6.45) is 10.7. The third-order valence-corrected chi connectivity index (χ3v) is 8.08. The SMILES string of the molecule is CCS(=O)(=O)CCc1ccc2[nH]cc(C[C@H]3CCCN3CC=Cc3ccccc3)c2c1. The zero-order chi connectivity index (χ0) is 21.7. The van der Waals surface area contributed by atoms with E-state index in [-0.39, 0.29) is 11.5 Å². The molecule has 0 unspecified atom stereocenters. The summed E-state index contributed by atoms with van der Waals surface area (Å²) in [7, 11) is -2.94. The quantitative estimate of drug-likeness (QED) is 0.521. The number of likely N-dealkylation sites (tertiary alicyclic amines) is 1. The highest BCUT2D eigenvalue weighted by atomic mass is 32.2. The summed E-state index contributed by atoms with van der Waals surface area (Å²) in [4.78, 5) is 5.98. The Kier molecular flexibility index (Phi) is 6.93. The lowest BCUT2D eigenvalue weighted by Gasteiger charge is -2.23. The van der Waals surface area contributed by atoms with Crippen LogP contribution < -0.4 is 0 Å². The summed E-state index contributed by atoms with van der Waals surface area (Å²) in [5.41, 5.74) is 4.80. The minimum Gasteiger partial charge on any atom is -0.361 e. The second-order valence-electron chi connectivity index (χ2n) is 8.49. The van der Waals surface area contributed by atoms with Crippen LogP contribution in [0.15, 0.2) is 60.8 Å². The highest BCUT2D eigenvalue weighted by Gasteiger charge is 2.24. The van der Waals surface area contributed by atoms with Gasteiger partial charge in [-0.25, -0.2) is 8.42 Å². The number of sulfone groups is 1. The Bertz CT molecular complexity index is 1130. The number of H-pyrrole nitrogens is 1. The lowest BCUT2D eigenvalue weighted by Crippen LogP contribution is -2.31. The molecule has 31 heavy (non-hydrogen) atoms. The van der Waals surface area contributed by atoms with Gasteiger partial charge in [0.15, 0.2) is 0 Å². The topological polar surface area (TPSA) is 53.2 Å². The second kappa shape index (κ2) is 9.84. The maximum Gasteiger partial charge on any atom is 0.150 e. The molecule has 0 amide bonds. The molecule has 1 atom stereocenters. The van der Waals surface area contributed by atoms with Crippen molar-refractivity contribution >= 4 is 26.8 Å². The fourth-order valence-electron chi connectivity index (χ4n) is 4.48. The van der Waals surface area contributed by atoms with E-state index in [1.54, 1.807) is 6.92 Å². The minimum absolute atomic E-state index is 0.209. The Hall–Kier alpha value is -2.37. The van der Waals surface area contributed by atoms with Crippen LogP contribution >= 0.6 is 0 Å². The molecule has 0 saturated carbocycles. The maximum absolute atomic E-state index is 11.9. The van der Waals surface area contributed by atoms with Gasteiger partial charge in [0.25, 0.3) is 0 Å². The van der Waals surface area contributed by atoms with Crippen LogP contribution in [0.2, 0.25) is 0 Å². The summed E-state index contributed by atoms with van der Waals surface area (Å²) < 4.78 is 23.8. The first-order chi connectivity index (χ1) is 15.0. The van der Waals surface area contributed by atoms with Crippen LogP contribution in [0, 0.1) is 0 Å². The molecule has 4 nitrogen and oxygen atoms in total. The molecule has 2 heterocycles. The summed E-state index contributed by atoms with van der Waals surface area (Å²) in [6, 6.07) is 17.3. The van der Waals surface area contributed by atoms with Crippen LogP contribution in [-0.4, -0.2) is 48.9 Å². The van der Waals surface area contributed by atoms with E-state index in [0.29, 0.717) is 12.5 Å². The molecule has 2 aromatic carbocycles. The molecule has 0 aliphatic carbocycles. The van der Waals surface area contributed by atoms with Crippen molar-refractivity contribution in [3.05, 3.63) is 77.5 Å². The van der Waals surface area contributed by atoms with Gasteiger partial charge in [0, 0.05) is 35.4 Å². The zero-order valence-corrected chi connectivity index (χ0v) is 19.1. The van der Waals surface area contributed by atoms with Crippen LogP contribution in [0.25, 0.3) is 17.0 Å². The Morgan fingerprint density at radius 3 is 2.81 bits per heavy atom. The summed E-state index contributed by atoms with van der Waals surface area (Å²) in [6.45, 7) is 3.83. The Balaban J connectivity index is 1.43. The predicted molar refractivity (Wildman–Crippen MR) is 130 cm³/mol. The molecule has 0 radical (unpaired) electrons. The lowest BCUT2D eigenvalue weighted by atomic mass is 10.0. The van der Waals surface area contributed by atoms with E-state index in [9.17, 15) is 8.42 Å². The highest BCUT2D eigenvalue weighted by molar-refractivity contribution is 7.91. The molecular weight excluding hydrogens is 404 g/mol. The van der Waals surface area contributed by atoms with E-state index in [1.807, 2.05) is 12.1 Å². The van der Waals surface area contributed by atoms with Gasteiger partial charge >= 0.3 is 0 Å². The van der Waals surface area contributed by atoms with Crippen molar-refractivity contribution in [1.29, 1.82) is 0 Å². The zero-order valence-electron chi connectivity index (χ0n) is 18.3. The fourth-order valence-corrected chi connectivity index (χ4v) is 5.31. The van der Waals surface area contributed by atoms with Crippen molar-refractivity contribution in [3.8, 4) is 0 Å². The number of aryl methyl sites for hydroxylation is 1. The van der Waals surface area contributed by atoms with Crippen LogP contribution in [-0.2, 0) is 22.7 Å². The average Bonchev–Trinajstić information content (AvgIpc) is 3.40. The normalized spacial score (nSPS) is 17.8. The van der Waals surface area contributed by atoms with E-state index in [1.165, 1.54) is 29.4 Å². The number of hydrogen-bond acceptors (Lipinski definition) is 3. The van der Waals surface area contributed by atoms with Gasteiger partial charge in [-0.2, -0.15) is 0 Å². The Labute approximate surface area is 185 Å². The van der Waals surface area contributed by atoms with Gasteiger partial charge in [-0.3, -0.25) is 4.90 Å². The van der Waals surface area contributed by atoms with Crippen LogP contribution in [0.1, 0.15) is 36.5 Å².